The van der Waals surface area contributed by atoms with Gasteiger partial charge < -0.3 is 10.6 Å². The normalized spacial score (nSPS) is 24.9. The lowest BCUT2D eigenvalue weighted by atomic mass is 9.86. The summed E-state index contributed by atoms with van der Waals surface area (Å²) in [5, 5.41) is 5.64. The van der Waals surface area contributed by atoms with Crippen LogP contribution >= 0.6 is 11.8 Å². The van der Waals surface area contributed by atoms with E-state index in [-0.39, 0.29) is 40.2 Å². The van der Waals surface area contributed by atoms with Crippen molar-refractivity contribution in [1.82, 2.24) is 5.32 Å². The maximum Gasteiger partial charge on any atom is 0.237 e. The molecule has 1 aliphatic heterocycles. The summed E-state index contributed by atoms with van der Waals surface area (Å²) in [5.74, 6) is -0.120. The van der Waals surface area contributed by atoms with Gasteiger partial charge in [0.05, 0.1) is 21.6 Å². The van der Waals surface area contributed by atoms with Crippen LogP contribution in [0.25, 0.3) is 0 Å². The van der Waals surface area contributed by atoms with E-state index < -0.39 is 9.84 Å². The number of benzene rings is 1. The van der Waals surface area contributed by atoms with Gasteiger partial charge in [0.1, 0.15) is 0 Å². The number of sulfone groups is 1. The van der Waals surface area contributed by atoms with Gasteiger partial charge in [-0.3, -0.25) is 9.59 Å². The van der Waals surface area contributed by atoms with E-state index in [4.69, 9.17) is 0 Å². The van der Waals surface area contributed by atoms with Crippen molar-refractivity contribution in [2.75, 3.05) is 11.1 Å². The van der Waals surface area contributed by atoms with E-state index in [0.717, 1.165) is 24.2 Å². The number of hydrogen-bond donors (Lipinski definition) is 2. The number of carbonyl (C=O) groups is 2. The molecule has 0 unspecified atom stereocenters. The third-order valence-corrected chi connectivity index (χ3v) is 8.71. The number of fused-ring (bicyclic) bond motifs is 1. The fourth-order valence-electron chi connectivity index (χ4n) is 3.75. The number of amides is 2. The van der Waals surface area contributed by atoms with Gasteiger partial charge in [0.15, 0.2) is 9.84 Å². The molecule has 1 aromatic rings. The lowest BCUT2D eigenvalue weighted by Gasteiger charge is -2.29. The first-order chi connectivity index (χ1) is 13.3. The summed E-state index contributed by atoms with van der Waals surface area (Å²) in [5.41, 5.74) is 0.529. The molecule has 28 heavy (non-hydrogen) atoms. The zero-order valence-corrected chi connectivity index (χ0v) is 18.0. The fraction of sp³-hybridized carbons (Fsp3) is 0.600. The molecule has 1 fully saturated rings. The second-order valence-electron chi connectivity index (χ2n) is 7.67. The average molecular weight is 425 g/mol. The minimum absolute atomic E-state index is 0.0539. The van der Waals surface area contributed by atoms with Crippen LogP contribution in [0.15, 0.2) is 28.0 Å². The van der Waals surface area contributed by atoms with Gasteiger partial charge in [0.25, 0.3) is 0 Å². The summed E-state index contributed by atoms with van der Waals surface area (Å²) in [7, 11) is -3.60. The van der Waals surface area contributed by atoms with Crippen molar-refractivity contribution < 1.29 is 18.0 Å². The molecule has 0 spiro atoms. The van der Waals surface area contributed by atoms with Gasteiger partial charge in [-0.15, -0.1) is 11.8 Å². The van der Waals surface area contributed by atoms with Crippen molar-refractivity contribution in [2.45, 2.75) is 73.5 Å². The smallest absolute Gasteiger partial charge is 0.237 e. The number of rotatable bonds is 6. The van der Waals surface area contributed by atoms with E-state index in [2.05, 4.69) is 17.6 Å². The van der Waals surface area contributed by atoms with Crippen LogP contribution < -0.4 is 10.6 Å². The molecule has 8 heteroatoms. The summed E-state index contributed by atoms with van der Waals surface area (Å²) in [6.45, 7) is 4.07. The Morgan fingerprint density at radius 3 is 2.75 bits per heavy atom. The number of thioether (sulfide) groups is 1. The van der Waals surface area contributed by atoms with Crippen LogP contribution in [0.5, 0.6) is 0 Å². The molecule has 0 radical (unpaired) electrons. The average Bonchev–Trinajstić information content (AvgIpc) is 2.67. The monoisotopic (exact) mass is 424 g/mol. The van der Waals surface area contributed by atoms with E-state index in [1.54, 1.807) is 12.1 Å². The van der Waals surface area contributed by atoms with Gasteiger partial charge in [0, 0.05) is 17.4 Å². The molecule has 6 nitrogen and oxygen atoms in total. The molecule has 1 heterocycles. The van der Waals surface area contributed by atoms with Crippen LogP contribution in [0.3, 0.4) is 0 Å². The van der Waals surface area contributed by atoms with Gasteiger partial charge in [-0.1, -0.05) is 26.7 Å². The van der Waals surface area contributed by atoms with E-state index in [1.807, 2.05) is 6.92 Å². The highest BCUT2D eigenvalue weighted by atomic mass is 32.2. The Balaban J connectivity index is 1.62. The molecule has 3 rings (SSSR count). The minimum Gasteiger partial charge on any atom is -0.353 e. The van der Waals surface area contributed by atoms with E-state index in [0.29, 0.717) is 18.0 Å². The summed E-state index contributed by atoms with van der Waals surface area (Å²) < 4.78 is 25.4. The summed E-state index contributed by atoms with van der Waals surface area (Å²) in [6, 6.07) is 4.94. The largest absolute Gasteiger partial charge is 0.353 e. The Bertz CT molecular complexity index is 854. The molecule has 1 aliphatic carbocycles. The van der Waals surface area contributed by atoms with Gasteiger partial charge in [-0.25, -0.2) is 8.42 Å². The Morgan fingerprint density at radius 2 is 2.04 bits per heavy atom. The van der Waals surface area contributed by atoms with Gasteiger partial charge >= 0.3 is 0 Å². The van der Waals surface area contributed by atoms with E-state index >= 15 is 0 Å². The molecular weight excluding hydrogens is 396 g/mol. The summed E-state index contributed by atoms with van der Waals surface area (Å²) in [4.78, 5) is 25.3. The molecule has 2 amide bonds. The van der Waals surface area contributed by atoms with Gasteiger partial charge in [-0.05, 0) is 43.4 Å². The zero-order valence-electron chi connectivity index (χ0n) is 16.4. The van der Waals surface area contributed by atoms with Crippen LogP contribution in [0, 0.1) is 5.92 Å². The van der Waals surface area contributed by atoms with E-state index in [9.17, 15) is 18.0 Å². The second kappa shape index (κ2) is 8.86. The molecule has 2 N–H and O–H groups in total. The quantitative estimate of drug-likeness (QED) is 0.730. The predicted molar refractivity (Wildman–Crippen MR) is 111 cm³/mol. The van der Waals surface area contributed by atoms with Crippen molar-refractivity contribution in [3.05, 3.63) is 18.2 Å². The van der Waals surface area contributed by atoms with Crippen LogP contribution in [0.2, 0.25) is 0 Å². The maximum absolute atomic E-state index is 12.7. The van der Waals surface area contributed by atoms with Crippen LogP contribution in [-0.2, 0) is 19.4 Å². The first kappa shape index (κ1) is 21.2. The first-order valence-corrected chi connectivity index (χ1v) is 12.5. The number of nitrogens with one attached hydrogen (secondary N) is 2. The molecule has 2 aliphatic rings. The number of hydrogen-bond acceptors (Lipinski definition) is 5. The second-order valence-corrected chi connectivity index (χ2v) is 11.0. The minimum atomic E-state index is -3.60. The molecule has 0 aromatic heterocycles. The van der Waals surface area contributed by atoms with Crippen LogP contribution in [0.1, 0.15) is 52.4 Å². The Morgan fingerprint density at radius 1 is 1.29 bits per heavy atom. The highest BCUT2D eigenvalue weighted by Gasteiger charge is 2.28. The topological polar surface area (TPSA) is 92.3 Å². The number of carbonyl (C=O) groups excluding carboxylic acids is 2. The predicted octanol–water partition coefficient (Wildman–Crippen LogP) is 3.37. The Hall–Kier alpha value is -1.54. The van der Waals surface area contributed by atoms with Crippen LogP contribution in [0.4, 0.5) is 5.69 Å². The van der Waals surface area contributed by atoms with Gasteiger partial charge in [0.2, 0.25) is 11.8 Å². The standard InChI is InChI=1S/C20H28N2O4S2/c1-3-17-20(24)22-16-12-14(8-9-18(16)27-17)28(25,26)11-10-19(23)21-15-7-5-4-6-13(15)2/h8-9,12-13,15,17H,3-7,10-11H2,1-2H3,(H,21,23)(H,22,24)/t13-,15-,17+/m1/s1. The molecule has 0 bridgehead atoms. The van der Waals surface area contributed by atoms with Crippen molar-refractivity contribution in [1.29, 1.82) is 0 Å². The van der Waals surface area contributed by atoms with Crippen molar-refractivity contribution in [3.8, 4) is 0 Å². The molecule has 0 saturated heterocycles. The highest BCUT2D eigenvalue weighted by Crippen LogP contribution is 2.38. The molecular formula is C20H28N2O4S2. The molecule has 1 saturated carbocycles. The van der Waals surface area contributed by atoms with Crippen molar-refractivity contribution in [2.24, 2.45) is 5.92 Å². The lowest BCUT2D eigenvalue weighted by molar-refractivity contribution is -0.122. The summed E-state index contributed by atoms with van der Waals surface area (Å²) in [6.07, 6.45) is 5.01. The fourth-order valence-corrected chi connectivity index (χ4v) is 6.03. The first-order valence-electron chi connectivity index (χ1n) is 9.94. The van der Waals surface area contributed by atoms with Gasteiger partial charge in [-0.2, -0.15) is 0 Å². The van der Waals surface area contributed by atoms with Crippen LogP contribution in [-0.4, -0.2) is 37.3 Å². The molecule has 154 valence electrons. The van der Waals surface area contributed by atoms with E-state index in [1.165, 1.54) is 24.2 Å². The maximum atomic E-state index is 12.7. The molecule has 1 aromatic carbocycles. The van der Waals surface area contributed by atoms with Crippen molar-refractivity contribution >= 4 is 39.1 Å². The Kier molecular flexibility index (Phi) is 6.70. The highest BCUT2D eigenvalue weighted by molar-refractivity contribution is 8.01. The SMILES string of the molecule is CC[C@@H]1Sc2ccc(S(=O)(=O)CCC(=O)N[C@@H]3CCCC[C@H]3C)cc2NC1=O. The lowest BCUT2D eigenvalue weighted by Crippen LogP contribution is -2.41. The third-order valence-electron chi connectivity index (χ3n) is 5.56. The van der Waals surface area contributed by atoms with Crippen molar-refractivity contribution in [3.63, 3.8) is 0 Å². The number of anilines is 1. The third kappa shape index (κ3) is 4.89. The molecule has 3 atom stereocenters. The zero-order chi connectivity index (χ0) is 20.3. The Labute approximate surface area is 171 Å². The summed E-state index contributed by atoms with van der Waals surface area (Å²) >= 11 is 1.45.